The second-order valence-corrected chi connectivity index (χ2v) is 8.94. The molecule has 14 heteroatoms. The Kier molecular flexibility index (Phi) is 7.92. The van der Waals surface area contributed by atoms with Crippen molar-refractivity contribution in [2.24, 2.45) is 0 Å². The van der Waals surface area contributed by atoms with Crippen LogP contribution in [-0.4, -0.2) is 58.7 Å². The molecule has 3 aromatic carbocycles. The largest absolute Gasteiger partial charge is 0.340 e. The quantitative estimate of drug-likeness (QED) is 0.233. The van der Waals surface area contributed by atoms with E-state index in [1.54, 1.807) is 60.7 Å². The lowest BCUT2D eigenvalue weighted by Crippen LogP contribution is -2.44. The van der Waals surface area contributed by atoms with Crippen molar-refractivity contribution < 1.29 is 14.0 Å². The first-order chi connectivity index (χ1) is 19.4. The fourth-order valence-corrected chi connectivity index (χ4v) is 3.99. The number of aromatic amines is 1. The third-order valence-corrected chi connectivity index (χ3v) is 5.99. The van der Waals surface area contributed by atoms with E-state index in [-0.39, 0.29) is 6.42 Å². The maximum Gasteiger partial charge on any atom is 0.247 e. The molecule has 0 fully saturated rings. The molecule has 0 aliphatic rings. The Morgan fingerprint density at radius 1 is 1.05 bits per heavy atom. The number of halogens is 2. The summed E-state index contributed by atoms with van der Waals surface area (Å²) < 4.78 is 14.9. The van der Waals surface area contributed by atoms with Gasteiger partial charge in [-0.3, -0.25) is 9.59 Å². The average Bonchev–Trinajstić information content (AvgIpc) is 3.69. The Labute approximate surface area is 231 Å². The number of carbonyl (C=O) groups excluding carboxylic acids is 2. The van der Waals surface area contributed by atoms with Crippen LogP contribution in [0, 0.1) is 5.82 Å². The van der Waals surface area contributed by atoms with Gasteiger partial charge < -0.3 is 10.6 Å². The molecule has 5 rings (SSSR count). The second kappa shape index (κ2) is 12.0. The number of hydrogen-bond acceptors (Lipinski definition) is 8. The molecule has 0 aliphatic heterocycles. The molecule has 0 aliphatic carbocycles. The zero-order chi connectivity index (χ0) is 27.9. The van der Waals surface area contributed by atoms with Crippen molar-refractivity contribution in [3.63, 3.8) is 0 Å². The number of rotatable bonds is 9. The molecule has 0 radical (unpaired) electrons. The minimum atomic E-state index is -0.973. The van der Waals surface area contributed by atoms with Crippen molar-refractivity contribution in [1.82, 2.24) is 46.1 Å². The van der Waals surface area contributed by atoms with Gasteiger partial charge in [0.25, 0.3) is 0 Å². The van der Waals surface area contributed by atoms with E-state index in [4.69, 9.17) is 11.6 Å². The summed E-state index contributed by atoms with van der Waals surface area (Å²) in [5.41, 5.74) is 3.07. The number of benzene rings is 3. The number of H-pyrrole nitrogens is 1. The average molecular weight is 559 g/mol. The monoisotopic (exact) mass is 558 g/mol. The van der Waals surface area contributed by atoms with Crippen molar-refractivity contribution in [2.75, 3.05) is 5.32 Å². The van der Waals surface area contributed by atoms with Crippen LogP contribution < -0.4 is 10.6 Å². The van der Waals surface area contributed by atoms with Crippen LogP contribution in [0.2, 0.25) is 5.02 Å². The number of amides is 2. The molecule has 12 nitrogen and oxygen atoms in total. The summed E-state index contributed by atoms with van der Waals surface area (Å²) in [4.78, 5) is 26.2. The van der Waals surface area contributed by atoms with Gasteiger partial charge in [-0.2, -0.15) is 4.68 Å². The molecule has 40 heavy (non-hydrogen) atoms. The number of tetrazole rings is 2. The number of carbonyl (C=O) groups is 2. The zero-order valence-electron chi connectivity index (χ0n) is 20.6. The second-order valence-electron chi connectivity index (χ2n) is 8.50. The minimum absolute atomic E-state index is 0.126. The highest BCUT2D eigenvalue weighted by Gasteiger charge is 2.21. The predicted molar refractivity (Wildman–Crippen MR) is 143 cm³/mol. The molecule has 200 valence electrons. The van der Waals surface area contributed by atoms with Crippen LogP contribution in [0.3, 0.4) is 0 Å². The summed E-state index contributed by atoms with van der Waals surface area (Å²) in [6.07, 6.45) is 4.37. The van der Waals surface area contributed by atoms with E-state index in [1.165, 1.54) is 29.2 Å². The predicted octanol–water partition coefficient (Wildman–Crippen LogP) is 3.01. The topological polar surface area (TPSA) is 156 Å². The van der Waals surface area contributed by atoms with Crippen LogP contribution >= 0.6 is 11.6 Å². The van der Waals surface area contributed by atoms with Crippen LogP contribution in [-0.2, 0) is 16.0 Å². The SMILES string of the molecule is O=C(/C=C/c1cc(Cl)ccc1-n1cnnn1)NC(Cc1ccc(F)cc1)C(=O)Nc1ccc(-c2nnn[nH]2)cc1. The van der Waals surface area contributed by atoms with Crippen molar-refractivity contribution in [2.45, 2.75) is 12.5 Å². The van der Waals surface area contributed by atoms with Crippen LogP contribution in [0.15, 0.2) is 79.1 Å². The molecule has 5 aromatic rings. The highest BCUT2D eigenvalue weighted by Crippen LogP contribution is 2.21. The molecule has 2 aromatic heterocycles. The first kappa shape index (κ1) is 26.3. The van der Waals surface area contributed by atoms with Gasteiger partial charge in [-0.1, -0.05) is 23.7 Å². The fourth-order valence-electron chi connectivity index (χ4n) is 3.81. The Morgan fingerprint density at radius 3 is 2.55 bits per heavy atom. The van der Waals surface area contributed by atoms with E-state index in [1.807, 2.05) is 0 Å². The van der Waals surface area contributed by atoms with Gasteiger partial charge >= 0.3 is 0 Å². The van der Waals surface area contributed by atoms with Crippen LogP contribution in [0.25, 0.3) is 23.2 Å². The summed E-state index contributed by atoms with van der Waals surface area (Å²) in [5.74, 6) is -0.914. The van der Waals surface area contributed by atoms with Gasteiger partial charge in [0, 0.05) is 34.3 Å². The Balaban J connectivity index is 1.33. The maximum absolute atomic E-state index is 13.4. The normalized spacial score (nSPS) is 11.8. The molecule has 1 atom stereocenters. The van der Waals surface area contributed by atoms with E-state index < -0.39 is 23.7 Å². The van der Waals surface area contributed by atoms with E-state index in [2.05, 4.69) is 46.8 Å². The third kappa shape index (κ3) is 6.57. The number of aromatic nitrogens is 8. The number of nitrogens with zero attached hydrogens (tertiary/aromatic N) is 7. The standard InChI is InChI=1S/C26H20ClFN10O2/c27-19-6-11-23(38-15-29-34-37-38)18(14-19)5-12-24(39)31-22(13-16-1-7-20(28)8-2-16)26(40)30-21-9-3-17(4-10-21)25-32-35-36-33-25/h1-12,14-15,22H,13H2,(H,30,40)(H,31,39)(H,32,33,35,36)/b12-5+. The first-order valence-corrected chi connectivity index (χ1v) is 12.2. The van der Waals surface area contributed by atoms with E-state index >= 15 is 0 Å². The number of hydrogen-bond donors (Lipinski definition) is 3. The molecule has 0 bridgehead atoms. The van der Waals surface area contributed by atoms with E-state index in [0.717, 1.165) is 5.56 Å². The Morgan fingerprint density at radius 2 is 1.85 bits per heavy atom. The summed E-state index contributed by atoms with van der Waals surface area (Å²) in [5, 5.41) is 30.7. The van der Waals surface area contributed by atoms with Crippen molar-refractivity contribution in [3.05, 3.63) is 101 Å². The molecule has 2 heterocycles. The lowest BCUT2D eigenvalue weighted by Gasteiger charge is -2.18. The van der Waals surface area contributed by atoms with Crippen LogP contribution in [0.4, 0.5) is 10.1 Å². The number of nitrogens with one attached hydrogen (secondary N) is 3. The molecule has 0 spiro atoms. The summed E-state index contributed by atoms with van der Waals surface area (Å²) >= 11 is 6.15. The van der Waals surface area contributed by atoms with Crippen molar-refractivity contribution in [3.8, 4) is 17.1 Å². The molecule has 3 N–H and O–H groups in total. The van der Waals surface area contributed by atoms with Gasteiger partial charge in [-0.05, 0) is 87.1 Å². The van der Waals surface area contributed by atoms with Gasteiger partial charge in [0.05, 0.1) is 5.69 Å². The zero-order valence-corrected chi connectivity index (χ0v) is 21.3. The minimum Gasteiger partial charge on any atom is -0.340 e. The highest BCUT2D eigenvalue weighted by molar-refractivity contribution is 6.30. The summed E-state index contributed by atoms with van der Waals surface area (Å²) in [6, 6.07) is 16.6. The van der Waals surface area contributed by atoms with E-state index in [0.29, 0.717) is 33.3 Å². The molecule has 0 saturated carbocycles. The van der Waals surface area contributed by atoms with Crippen LogP contribution in [0.5, 0.6) is 0 Å². The van der Waals surface area contributed by atoms with Crippen LogP contribution in [0.1, 0.15) is 11.1 Å². The molecule has 1 unspecified atom stereocenters. The maximum atomic E-state index is 13.4. The fraction of sp³-hybridized carbons (Fsp3) is 0.0769. The summed E-state index contributed by atoms with van der Waals surface area (Å²) in [6.45, 7) is 0. The first-order valence-electron chi connectivity index (χ1n) is 11.9. The molecule has 0 saturated heterocycles. The number of anilines is 1. The lowest BCUT2D eigenvalue weighted by atomic mass is 10.0. The lowest BCUT2D eigenvalue weighted by molar-refractivity contribution is -0.123. The van der Waals surface area contributed by atoms with Gasteiger partial charge in [0.15, 0.2) is 5.82 Å². The van der Waals surface area contributed by atoms with Gasteiger partial charge in [0.1, 0.15) is 18.2 Å². The van der Waals surface area contributed by atoms with Gasteiger partial charge in [-0.15, -0.1) is 10.2 Å². The smallest absolute Gasteiger partial charge is 0.247 e. The third-order valence-electron chi connectivity index (χ3n) is 5.76. The molecular weight excluding hydrogens is 539 g/mol. The van der Waals surface area contributed by atoms with Gasteiger partial charge in [-0.25, -0.2) is 9.49 Å². The Bertz CT molecular complexity index is 1620. The summed E-state index contributed by atoms with van der Waals surface area (Å²) in [7, 11) is 0. The highest BCUT2D eigenvalue weighted by atomic mass is 35.5. The van der Waals surface area contributed by atoms with Crippen molar-refractivity contribution >= 4 is 35.2 Å². The van der Waals surface area contributed by atoms with E-state index in [9.17, 15) is 14.0 Å². The molecular formula is C26H20ClFN10O2. The molecule has 2 amide bonds. The Hall–Kier alpha value is -5.30. The van der Waals surface area contributed by atoms with Crippen molar-refractivity contribution in [1.29, 1.82) is 0 Å². The van der Waals surface area contributed by atoms with Gasteiger partial charge in [0.2, 0.25) is 11.8 Å².